The number of carbonyl (C=O) groups is 3. The summed E-state index contributed by atoms with van der Waals surface area (Å²) in [6.07, 6.45) is -0.0548. The number of esters is 1. The third-order valence-corrected chi connectivity index (χ3v) is 3.65. The van der Waals surface area contributed by atoms with Gasteiger partial charge in [-0.15, -0.1) is 0 Å². The summed E-state index contributed by atoms with van der Waals surface area (Å²) in [4.78, 5) is 36.8. The summed E-state index contributed by atoms with van der Waals surface area (Å²) in [6, 6.07) is 5.89. The first-order chi connectivity index (χ1) is 11.4. The Balaban J connectivity index is 1.88. The van der Waals surface area contributed by atoms with Gasteiger partial charge in [-0.05, 0) is 18.1 Å². The monoisotopic (exact) mass is 336 g/mol. The lowest BCUT2D eigenvalue weighted by Crippen LogP contribution is -2.33. The molecule has 0 aliphatic carbocycles. The molecular weight excluding hydrogens is 315 g/mol. The minimum atomic E-state index is -0.699. The average Bonchev–Trinajstić information content (AvgIpc) is 2.93. The molecule has 24 heavy (non-hydrogen) atoms. The first kappa shape index (κ1) is 17.9. The van der Waals surface area contributed by atoms with Gasteiger partial charge in [0, 0.05) is 19.5 Å². The third kappa shape index (κ3) is 4.53. The van der Waals surface area contributed by atoms with Crippen molar-refractivity contribution in [2.45, 2.75) is 20.3 Å². The lowest BCUT2D eigenvalue weighted by atomic mass is 10.1. The summed E-state index contributed by atoms with van der Waals surface area (Å²) < 4.78 is 18.7. The van der Waals surface area contributed by atoms with E-state index in [-0.39, 0.29) is 37.1 Å². The highest BCUT2D eigenvalue weighted by Crippen LogP contribution is 2.27. The van der Waals surface area contributed by atoms with E-state index in [1.54, 1.807) is 6.07 Å². The van der Waals surface area contributed by atoms with Crippen LogP contribution < -0.4 is 10.2 Å². The number of anilines is 1. The van der Waals surface area contributed by atoms with Crippen LogP contribution in [0.3, 0.4) is 0 Å². The van der Waals surface area contributed by atoms with Gasteiger partial charge in [0.05, 0.1) is 11.6 Å². The molecule has 7 heteroatoms. The summed E-state index contributed by atoms with van der Waals surface area (Å²) >= 11 is 0. The maximum absolute atomic E-state index is 13.8. The zero-order valence-corrected chi connectivity index (χ0v) is 13.8. The van der Waals surface area contributed by atoms with Gasteiger partial charge in [0.15, 0.2) is 6.61 Å². The molecule has 1 aliphatic heterocycles. The Morgan fingerprint density at radius 2 is 2.08 bits per heavy atom. The first-order valence-corrected chi connectivity index (χ1v) is 7.86. The maximum atomic E-state index is 13.8. The second-order valence-electron chi connectivity index (χ2n) is 6.16. The van der Waals surface area contributed by atoms with E-state index in [4.69, 9.17) is 4.74 Å². The second-order valence-corrected chi connectivity index (χ2v) is 6.16. The summed E-state index contributed by atoms with van der Waals surface area (Å²) in [5, 5.41) is 2.64. The van der Waals surface area contributed by atoms with E-state index in [1.165, 1.54) is 23.1 Å². The van der Waals surface area contributed by atoms with E-state index >= 15 is 0 Å². The van der Waals surface area contributed by atoms with Gasteiger partial charge in [-0.2, -0.15) is 0 Å². The Bertz CT molecular complexity index is 633. The van der Waals surface area contributed by atoms with Gasteiger partial charge < -0.3 is 15.0 Å². The minimum absolute atomic E-state index is 0.0478. The van der Waals surface area contributed by atoms with Crippen molar-refractivity contribution in [1.29, 1.82) is 0 Å². The molecule has 1 atom stereocenters. The number of nitrogens with zero attached hydrogens (tertiary/aromatic N) is 1. The molecule has 130 valence electrons. The highest BCUT2D eigenvalue weighted by molar-refractivity contribution is 5.99. The summed E-state index contributed by atoms with van der Waals surface area (Å²) in [5.74, 6) is -2.27. The van der Waals surface area contributed by atoms with Crippen LogP contribution in [0.25, 0.3) is 0 Å². The highest BCUT2D eigenvalue weighted by atomic mass is 19.1. The van der Waals surface area contributed by atoms with Crippen LogP contribution in [0.5, 0.6) is 0 Å². The molecule has 6 nitrogen and oxygen atoms in total. The summed E-state index contributed by atoms with van der Waals surface area (Å²) in [5.41, 5.74) is 0.146. The molecule has 2 amide bonds. The Morgan fingerprint density at radius 1 is 1.38 bits per heavy atom. The molecular formula is C17H21FN2O4. The number of rotatable bonds is 6. The molecule has 1 saturated heterocycles. The van der Waals surface area contributed by atoms with Crippen molar-refractivity contribution >= 4 is 23.5 Å². The number of benzene rings is 1. The second kappa shape index (κ2) is 7.90. The normalized spacial score (nSPS) is 17.2. The molecule has 1 aliphatic rings. The van der Waals surface area contributed by atoms with Crippen LogP contribution in [0.15, 0.2) is 24.3 Å². The lowest BCUT2D eigenvalue weighted by Gasteiger charge is -2.17. The van der Waals surface area contributed by atoms with Crippen molar-refractivity contribution < 1.29 is 23.5 Å². The minimum Gasteiger partial charge on any atom is -0.455 e. The zero-order chi connectivity index (χ0) is 17.7. The lowest BCUT2D eigenvalue weighted by molar-refractivity contribution is -0.152. The number of hydrogen-bond donors (Lipinski definition) is 1. The van der Waals surface area contributed by atoms with E-state index in [9.17, 15) is 18.8 Å². The summed E-state index contributed by atoms with van der Waals surface area (Å²) in [6.45, 7) is 4.07. The molecule has 0 radical (unpaired) electrons. The predicted octanol–water partition coefficient (Wildman–Crippen LogP) is 1.49. The SMILES string of the molecule is CC(C)CNC(=O)COC(=O)[C@H]1CC(=O)N(c2ccccc2F)C1. The molecule has 0 saturated carbocycles. The van der Waals surface area contributed by atoms with Gasteiger partial charge in [0.1, 0.15) is 5.82 Å². The van der Waals surface area contributed by atoms with E-state index in [0.29, 0.717) is 12.5 Å². The molecule has 1 heterocycles. The van der Waals surface area contributed by atoms with Gasteiger partial charge in [-0.1, -0.05) is 26.0 Å². The fourth-order valence-electron chi connectivity index (χ4n) is 2.39. The number of amides is 2. The number of para-hydroxylation sites is 1. The Kier molecular flexibility index (Phi) is 5.89. The molecule has 1 N–H and O–H groups in total. The van der Waals surface area contributed by atoms with Crippen LogP contribution in [-0.2, 0) is 19.1 Å². The van der Waals surface area contributed by atoms with Gasteiger partial charge in [-0.3, -0.25) is 14.4 Å². The molecule has 0 unspecified atom stereocenters. The molecule has 0 spiro atoms. The number of nitrogens with one attached hydrogen (secondary N) is 1. The number of carbonyl (C=O) groups excluding carboxylic acids is 3. The van der Waals surface area contributed by atoms with Crippen molar-refractivity contribution in [2.75, 3.05) is 24.6 Å². The van der Waals surface area contributed by atoms with E-state index in [1.807, 2.05) is 13.8 Å². The van der Waals surface area contributed by atoms with Crippen LogP contribution in [0.1, 0.15) is 20.3 Å². The Hall–Kier alpha value is -2.44. The van der Waals surface area contributed by atoms with Crippen molar-refractivity contribution in [3.8, 4) is 0 Å². The first-order valence-electron chi connectivity index (χ1n) is 7.86. The Morgan fingerprint density at radius 3 is 2.75 bits per heavy atom. The van der Waals surface area contributed by atoms with Crippen LogP contribution in [0.2, 0.25) is 0 Å². The molecule has 1 aromatic carbocycles. The van der Waals surface area contributed by atoms with E-state index in [0.717, 1.165) is 0 Å². The zero-order valence-electron chi connectivity index (χ0n) is 13.8. The van der Waals surface area contributed by atoms with Crippen LogP contribution >= 0.6 is 0 Å². The molecule has 0 aromatic heterocycles. The highest BCUT2D eigenvalue weighted by Gasteiger charge is 2.37. The average molecular weight is 336 g/mol. The third-order valence-electron chi connectivity index (χ3n) is 3.65. The van der Waals surface area contributed by atoms with Crippen molar-refractivity contribution in [3.63, 3.8) is 0 Å². The number of halogens is 1. The Labute approximate surface area is 140 Å². The molecule has 2 rings (SSSR count). The van der Waals surface area contributed by atoms with Crippen LogP contribution in [-0.4, -0.2) is 37.5 Å². The summed E-state index contributed by atoms with van der Waals surface area (Å²) in [7, 11) is 0. The van der Waals surface area contributed by atoms with E-state index < -0.39 is 17.7 Å². The number of ether oxygens (including phenoxy) is 1. The number of hydrogen-bond acceptors (Lipinski definition) is 4. The van der Waals surface area contributed by atoms with Crippen molar-refractivity contribution in [1.82, 2.24) is 5.32 Å². The fraction of sp³-hybridized carbons (Fsp3) is 0.471. The smallest absolute Gasteiger partial charge is 0.311 e. The van der Waals surface area contributed by atoms with E-state index in [2.05, 4.69) is 5.32 Å². The van der Waals surface area contributed by atoms with Gasteiger partial charge >= 0.3 is 5.97 Å². The largest absolute Gasteiger partial charge is 0.455 e. The van der Waals surface area contributed by atoms with Gasteiger partial charge in [-0.25, -0.2) is 4.39 Å². The fourth-order valence-corrected chi connectivity index (χ4v) is 2.39. The van der Waals surface area contributed by atoms with Gasteiger partial charge in [0.2, 0.25) is 5.91 Å². The van der Waals surface area contributed by atoms with Crippen molar-refractivity contribution in [3.05, 3.63) is 30.1 Å². The maximum Gasteiger partial charge on any atom is 0.311 e. The standard InChI is InChI=1S/C17H21FN2O4/c1-11(2)8-19-15(21)10-24-17(23)12-7-16(22)20(9-12)14-6-4-3-5-13(14)18/h3-6,11-12H,7-10H2,1-2H3,(H,19,21)/t12-/m0/s1. The predicted molar refractivity (Wildman–Crippen MR) is 85.7 cm³/mol. The molecule has 1 fully saturated rings. The molecule has 1 aromatic rings. The van der Waals surface area contributed by atoms with Crippen LogP contribution in [0, 0.1) is 17.7 Å². The molecule has 0 bridgehead atoms. The topological polar surface area (TPSA) is 75.7 Å². The van der Waals surface area contributed by atoms with Crippen LogP contribution in [0.4, 0.5) is 10.1 Å². The van der Waals surface area contributed by atoms with Crippen molar-refractivity contribution in [2.24, 2.45) is 11.8 Å². The quantitative estimate of drug-likeness (QED) is 0.799. The van der Waals surface area contributed by atoms with Gasteiger partial charge in [0.25, 0.3) is 5.91 Å².